The van der Waals surface area contributed by atoms with Crippen molar-refractivity contribution in [2.75, 3.05) is 33.3 Å². The van der Waals surface area contributed by atoms with E-state index in [0.29, 0.717) is 21.7 Å². The molecular formula is C29H32Cl2N4O2. The van der Waals surface area contributed by atoms with E-state index in [1.807, 2.05) is 35.4 Å². The molecule has 37 heavy (non-hydrogen) atoms. The van der Waals surface area contributed by atoms with E-state index in [4.69, 9.17) is 32.9 Å². The molecule has 0 unspecified atom stereocenters. The molecule has 2 atom stereocenters. The molecule has 2 aromatic carbocycles. The lowest BCUT2D eigenvalue weighted by Crippen LogP contribution is -2.47. The minimum absolute atomic E-state index is 0.0149. The van der Waals surface area contributed by atoms with E-state index in [0.717, 1.165) is 78.9 Å². The van der Waals surface area contributed by atoms with Crippen LogP contribution >= 0.6 is 23.2 Å². The van der Waals surface area contributed by atoms with E-state index in [1.165, 1.54) is 12.5 Å². The van der Waals surface area contributed by atoms with Crippen LogP contribution in [0.2, 0.25) is 10.0 Å². The Hall–Kier alpha value is -2.67. The van der Waals surface area contributed by atoms with Gasteiger partial charge in [0.05, 0.1) is 22.7 Å². The predicted molar refractivity (Wildman–Crippen MR) is 149 cm³/mol. The molecule has 0 bridgehead atoms. The molecule has 1 amide bonds. The Kier molecular flexibility index (Phi) is 7.70. The summed E-state index contributed by atoms with van der Waals surface area (Å²) < 4.78 is 5.49. The number of carbonyl (C=O) groups excluding carboxylic acids is 1. The molecule has 0 saturated carbocycles. The number of likely N-dealkylation sites (tertiary alicyclic amines) is 2. The van der Waals surface area contributed by atoms with Crippen LogP contribution in [0.5, 0.6) is 5.75 Å². The van der Waals surface area contributed by atoms with Crippen molar-refractivity contribution in [3.8, 4) is 16.9 Å². The Balaban J connectivity index is 1.37. The molecule has 3 aromatic rings. The monoisotopic (exact) mass is 538 g/mol. The third kappa shape index (κ3) is 5.20. The first-order valence-corrected chi connectivity index (χ1v) is 13.6. The fourth-order valence-electron chi connectivity index (χ4n) is 5.49. The highest BCUT2D eigenvalue weighted by Gasteiger charge is 2.36. The quantitative estimate of drug-likeness (QED) is 0.338. The van der Waals surface area contributed by atoms with Gasteiger partial charge in [0.2, 0.25) is 5.91 Å². The van der Waals surface area contributed by atoms with Crippen molar-refractivity contribution < 1.29 is 9.53 Å². The standard InChI is InChI=1S/C29H32Cl2N4O2/c1-4-19-14-24(37-3)29(31)27(28(19)30)20-7-8-23-21(13-20)15-32-25(33-23)12-18-11-22(17-34-9-6-10-34)35(16-18)26(36)5-2/h5,7-8,13-15,18,22H,2,4,6,9-12,16-17H2,1,3H3/t18-,22+/m1/s1. The Bertz CT molecular complexity index is 1310. The molecule has 1 aromatic heterocycles. The Morgan fingerprint density at radius 2 is 2.05 bits per heavy atom. The number of amides is 1. The second kappa shape index (κ2) is 11.0. The van der Waals surface area contributed by atoms with Crippen LogP contribution in [0.4, 0.5) is 0 Å². The summed E-state index contributed by atoms with van der Waals surface area (Å²) in [4.78, 5) is 26.4. The molecule has 2 saturated heterocycles. The van der Waals surface area contributed by atoms with Crippen molar-refractivity contribution in [3.63, 3.8) is 0 Å². The Morgan fingerprint density at radius 3 is 2.73 bits per heavy atom. The highest BCUT2D eigenvalue weighted by molar-refractivity contribution is 6.40. The summed E-state index contributed by atoms with van der Waals surface area (Å²) >= 11 is 13.4. The summed E-state index contributed by atoms with van der Waals surface area (Å²) in [5.74, 6) is 1.75. The van der Waals surface area contributed by atoms with Gasteiger partial charge in [0.15, 0.2) is 0 Å². The third-order valence-corrected chi connectivity index (χ3v) is 8.42. The van der Waals surface area contributed by atoms with E-state index in [1.54, 1.807) is 7.11 Å². The number of aromatic nitrogens is 2. The van der Waals surface area contributed by atoms with Gasteiger partial charge in [-0.05, 0) is 73.7 Å². The molecule has 0 radical (unpaired) electrons. The molecule has 3 heterocycles. The lowest BCUT2D eigenvalue weighted by molar-refractivity contribution is -0.127. The first-order valence-electron chi connectivity index (χ1n) is 12.9. The van der Waals surface area contributed by atoms with Crippen molar-refractivity contribution in [2.24, 2.45) is 5.92 Å². The Labute approximate surface area is 228 Å². The Morgan fingerprint density at radius 1 is 1.24 bits per heavy atom. The van der Waals surface area contributed by atoms with Crippen LogP contribution in [0.3, 0.4) is 0 Å². The maximum Gasteiger partial charge on any atom is 0.246 e. The largest absolute Gasteiger partial charge is 0.495 e. The fourth-order valence-corrected chi connectivity index (χ4v) is 6.27. The van der Waals surface area contributed by atoms with Crippen molar-refractivity contribution >= 4 is 40.0 Å². The molecule has 2 fully saturated rings. The zero-order chi connectivity index (χ0) is 26.1. The lowest BCUT2D eigenvalue weighted by atomic mass is 9.99. The SMILES string of the molecule is C=CC(=O)N1C[C@@H](Cc2ncc3cc(-c4c(Cl)c(CC)cc(OC)c4Cl)ccc3n2)C[C@H]1CN1CCC1. The molecule has 0 N–H and O–H groups in total. The van der Waals surface area contributed by atoms with Crippen molar-refractivity contribution in [2.45, 2.75) is 38.6 Å². The van der Waals surface area contributed by atoms with Gasteiger partial charge in [-0.2, -0.15) is 0 Å². The van der Waals surface area contributed by atoms with Crippen LogP contribution in [-0.4, -0.2) is 65.0 Å². The summed E-state index contributed by atoms with van der Waals surface area (Å²) in [5.41, 5.74) is 3.51. The smallest absolute Gasteiger partial charge is 0.246 e. The minimum atomic E-state index is 0.0149. The number of methoxy groups -OCH3 is 1. The van der Waals surface area contributed by atoms with Gasteiger partial charge in [0.1, 0.15) is 11.6 Å². The van der Waals surface area contributed by atoms with Crippen molar-refractivity contribution in [1.29, 1.82) is 0 Å². The van der Waals surface area contributed by atoms with E-state index < -0.39 is 0 Å². The number of aryl methyl sites for hydroxylation is 1. The summed E-state index contributed by atoms with van der Waals surface area (Å²) in [6.45, 7) is 9.66. The van der Waals surface area contributed by atoms with E-state index in [2.05, 4.69) is 23.4 Å². The van der Waals surface area contributed by atoms with Gasteiger partial charge in [-0.1, -0.05) is 42.8 Å². The molecule has 2 aliphatic heterocycles. The van der Waals surface area contributed by atoms with Crippen LogP contribution in [0, 0.1) is 5.92 Å². The van der Waals surface area contributed by atoms with E-state index >= 15 is 0 Å². The predicted octanol–water partition coefficient (Wildman–Crippen LogP) is 5.83. The molecule has 0 aliphatic carbocycles. The van der Waals surface area contributed by atoms with Gasteiger partial charge in [-0.25, -0.2) is 9.97 Å². The number of carbonyl (C=O) groups is 1. The first kappa shape index (κ1) is 26.0. The van der Waals surface area contributed by atoms with E-state index in [-0.39, 0.29) is 11.9 Å². The number of halogens is 2. The van der Waals surface area contributed by atoms with Gasteiger partial charge >= 0.3 is 0 Å². The average molecular weight is 540 g/mol. The number of benzene rings is 2. The molecule has 0 spiro atoms. The van der Waals surface area contributed by atoms with Crippen LogP contribution in [-0.2, 0) is 17.6 Å². The van der Waals surface area contributed by atoms with Gasteiger partial charge in [0, 0.05) is 42.7 Å². The number of nitrogens with zero attached hydrogens (tertiary/aromatic N) is 4. The second-order valence-electron chi connectivity index (χ2n) is 9.96. The van der Waals surface area contributed by atoms with Crippen LogP contribution < -0.4 is 4.74 Å². The number of ether oxygens (including phenoxy) is 1. The fraction of sp³-hybridized carbons (Fsp3) is 0.414. The second-order valence-corrected chi connectivity index (χ2v) is 10.7. The molecule has 5 rings (SSSR count). The normalized spacial score (nSPS) is 19.7. The molecule has 194 valence electrons. The van der Waals surface area contributed by atoms with Crippen molar-refractivity contribution in [3.05, 3.63) is 64.6 Å². The number of fused-ring (bicyclic) bond motifs is 1. The molecule has 8 heteroatoms. The first-order chi connectivity index (χ1) is 17.9. The van der Waals surface area contributed by atoms with Crippen LogP contribution in [0.15, 0.2) is 43.1 Å². The number of hydrogen-bond acceptors (Lipinski definition) is 5. The molecule has 2 aliphatic rings. The number of hydrogen-bond donors (Lipinski definition) is 0. The van der Waals surface area contributed by atoms with E-state index in [9.17, 15) is 4.79 Å². The van der Waals surface area contributed by atoms with Crippen molar-refractivity contribution in [1.82, 2.24) is 19.8 Å². The average Bonchev–Trinajstić information content (AvgIpc) is 3.28. The maximum absolute atomic E-state index is 12.5. The maximum atomic E-state index is 12.5. The van der Waals surface area contributed by atoms with Gasteiger partial charge < -0.3 is 14.5 Å². The molecule has 6 nitrogen and oxygen atoms in total. The van der Waals surface area contributed by atoms with Gasteiger partial charge in [-0.3, -0.25) is 4.79 Å². The summed E-state index contributed by atoms with van der Waals surface area (Å²) in [7, 11) is 1.61. The zero-order valence-electron chi connectivity index (χ0n) is 21.3. The highest BCUT2D eigenvalue weighted by Crippen LogP contribution is 2.43. The topological polar surface area (TPSA) is 58.6 Å². The van der Waals surface area contributed by atoms with Gasteiger partial charge in [0.25, 0.3) is 0 Å². The number of rotatable bonds is 8. The van der Waals surface area contributed by atoms with Gasteiger partial charge in [-0.15, -0.1) is 0 Å². The highest BCUT2D eigenvalue weighted by atomic mass is 35.5. The zero-order valence-corrected chi connectivity index (χ0v) is 22.9. The van der Waals surface area contributed by atoms with Crippen LogP contribution in [0.25, 0.3) is 22.0 Å². The minimum Gasteiger partial charge on any atom is -0.495 e. The third-order valence-electron chi connectivity index (χ3n) is 7.61. The van der Waals surface area contributed by atoms with Crippen LogP contribution in [0.1, 0.15) is 31.2 Å². The lowest BCUT2D eigenvalue weighted by Gasteiger charge is -2.35. The molecular weight excluding hydrogens is 507 g/mol. The summed E-state index contributed by atoms with van der Waals surface area (Å²) in [6, 6.07) is 8.13. The summed E-state index contributed by atoms with van der Waals surface area (Å²) in [5, 5.41) is 2.05. The summed E-state index contributed by atoms with van der Waals surface area (Å²) in [6.07, 6.45) is 7.01.